The number of amides is 1. The number of hydrogen-bond acceptors (Lipinski definition) is 6. The third kappa shape index (κ3) is 5.07. The Bertz CT molecular complexity index is 895. The van der Waals surface area contributed by atoms with Gasteiger partial charge in [0.15, 0.2) is 0 Å². The Labute approximate surface area is 163 Å². The first-order chi connectivity index (χ1) is 13.0. The Hall–Kier alpha value is -1.94. The van der Waals surface area contributed by atoms with E-state index in [9.17, 15) is 13.2 Å². The molecule has 9 heteroatoms. The van der Waals surface area contributed by atoms with Gasteiger partial charge in [0.25, 0.3) is 0 Å². The minimum Gasteiger partial charge on any atom is -0.379 e. The molecule has 0 bridgehead atoms. The number of para-hydroxylation sites is 1. The van der Waals surface area contributed by atoms with Gasteiger partial charge in [-0.1, -0.05) is 30.0 Å². The van der Waals surface area contributed by atoms with Crippen LogP contribution in [0, 0.1) is 6.92 Å². The number of nitrogens with zero attached hydrogens (tertiary/aromatic N) is 2. The third-order valence-electron chi connectivity index (χ3n) is 4.09. The first-order valence-corrected chi connectivity index (χ1v) is 10.9. The number of carbonyl (C=O) groups is 1. The molecule has 1 fully saturated rings. The van der Waals surface area contributed by atoms with E-state index in [2.05, 4.69) is 10.3 Å². The standard InChI is InChI=1S/C18H21N3O4S2/c1-14-4-2-3-5-16(14)20-17(22)13-26-18-7-6-15(12-19-18)27(23,24)21-8-10-25-11-9-21/h2-7,12H,8-11,13H2,1H3,(H,20,22). The molecule has 3 rings (SSSR count). The van der Waals surface area contributed by atoms with Crippen molar-refractivity contribution in [3.8, 4) is 0 Å². The minimum atomic E-state index is -3.55. The summed E-state index contributed by atoms with van der Waals surface area (Å²) in [5, 5.41) is 3.45. The minimum absolute atomic E-state index is 0.138. The fourth-order valence-corrected chi connectivity index (χ4v) is 4.58. The van der Waals surface area contributed by atoms with Crippen LogP contribution in [0.15, 0.2) is 52.5 Å². The number of aromatic nitrogens is 1. The van der Waals surface area contributed by atoms with E-state index in [1.54, 1.807) is 6.07 Å². The van der Waals surface area contributed by atoms with Crippen LogP contribution >= 0.6 is 11.8 Å². The lowest BCUT2D eigenvalue weighted by Gasteiger charge is -2.25. The van der Waals surface area contributed by atoms with Gasteiger partial charge in [-0.15, -0.1) is 0 Å². The molecule has 1 aromatic heterocycles. The molecule has 1 amide bonds. The topological polar surface area (TPSA) is 88.6 Å². The molecule has 27 heavy (non-hydrogen) atoms. The Morgan fingerprint density at radius 2 is 1.96 bits per heavy atom. The van der Waals surface area contributed by atoms with Crippen LogP contribution in [0.25, 0.3) is 0 Å². The van der Waals surface area contributed by atoms with Crippen LogP contribution in [-0.4, -0.2) is 55.7 Å². The van der Waals surface area contributed by atoms with Crippen LogP contribution in [0.3, 0.4) is 0 Å². The summed E-state index contributed by atoms with van der Waals surface area (Å²) in [4.78, 5) is 16.4. The largest absolute Gasteiger partial charge is 0.379 e. The number of morpholine rings is 1. The van der Waals surface area contributed by atoms with Gasteiger partial charge in [-0.05, 0) is 30.7 Å². The maximum absolute atomic E-state index is 12.6. The highest BCUT2D eigenvalue weighted by molar-refractivity contribution is 7.99. The molecule has 1 aliphatic rings. The number of anilines is 1. The van der Waals surface area contributed by atoms with E-state index >= 15 is 0 Å². The van der Waals surface area contributed by atoms with Crippen molar-refractivity contribution in [1.82, 2.24) is 9.29 Å². The molecule has 144 valence electrons. The fraction of sp³-hybridized carbons (Fsp3) is 0.333. The molecule has 1 N–H and O–H groups in total. The van der Waals surface area contributed by atoms with Crippen molar-refractivity contribution in [1.29, 1.82) is 0 Å². The van der Waals surface area contributed by atoms with Gasteiger partial charge < -0.3 is 10.1 Å². The molecule has 0 spiro atoms. The molecule has 0 atom stereocenters. The number of carbonyl (C=O) groups excluding carboxylic acids is 1. The van der Waals surface area contributed by atoms with Crippen LogP contribution in [0.2, 0.25) is 0 Å². The van der Waals surface area contributed by atoms with Crippen molar-refractivity contribution in [3.05, 3.63) is 48.2 Å². The van der Waals surface area contributed by atoms with E-state index in [1.165, 1.54) is 28.3 Å². The number of sulfonamides is 1. The van der Waals surface area contributed by atoms with E-state index in [-0.39, 0.29) is 16.6 Å². The number of aryl methyl sites for hydroxylation is 1. The van der Waals surface area contributed by atoms with Crippen molar-refractivity contribution >= 4 is 33.4 Å². The summed E-state index contributed by atoms with van der Waals surface area (Å²) in [6.07, 6.45) is 1.34. The zero-order valence-electron chi connectivity index (χ0n) is 14.9. The Kier molecular flexibility index (Phi) is 6.48. The zero-order chi connectivity index (χ0) is 19.3. The predicted octanol–water partition coefficient (Wildman–Crippen LogP) is 2.14. The second-order valence-electron chi connectivity index (χ2n) is 6.00. The van der Waals surface area contributed by atoms with Crippen molar-refractivity contribution in [2.45, 2.75) is 16.8 Å². The number of thioether (sulfide) groups is 1. The van der Waals surface area contributed by atoms with E-state index in [0.717, 1.165) is 11.3 Å². The number of hydrogen-bond donors (Lipinski definition) is 1. The highest BCUT2D eigenvalue weighted by Crippen LogP contribution is 2.21. The van der Waals surface area contributed by atoms with E-state index in [0.29, 0.717) is 31.3 Å². The first-order valence-electron chi connectivity index (χ1n) is 8.49. The van der Waals surface area contributed by atoms with Crippen LogP contribution in [0.4, 0.5) is 5.69 Å². The van der Waals surface area contributed by atoms with Crippen LogP contribution in [0.5, 0.6) is 0 Å². The van der Waals surface area contributed by atoms with Crippen molar-refractivity contribution in [2.75, 3.05) is 37.4 Å². The van der Waals surface area contributed by atoms with Crippen molar-refractivity contribution < 1.29 is 17.9 Å². The summed E-state index contributed by atoms with van der Waals surface area (Å²) in [5.41, 5.74) is 1.77. The smallest absolute Gasteiger partial charge is 0.244 e. The van der Waals surface area contributed by atoms with Crippen molar-refractivity contribution in [3.63, 3.8) is 0 Å². The zero-order valence-corrected chi connectivity index (χ0v) is 16.6. The summed E-state index contributed by atoms with van der Waals surface area (Å²) in [6, 6.07) is 10.7. The van der Waals surface area contributed by atoms with E-state index in [4.69, 9.17) is 4.74 Å². The number of nitrogens with one attached hydrogen (secondary N) is 1. The molecule has 0 radical (unpaired) electrons. The molecular formula is C18H21N3O4S2. The van der Waals surface area contributed by atoms with Gasteiger partial charge in [0.1, 0.15) is 4.90 Å². The molecule has 7 nitrogen and oxygen atoms in total. The van der Waals surface area contributed by atoms with Crippen LogP contribution in [-0.2, 0) is 19.6 Å². The highest BCUT2D eigenvalue weighted by Gasteiger charge is 2.26. The summed E-state index contributed by atoms with van der Waals surface area (Å²) in [7, 11) is -3.55. The molecule has 1 aliphatic heterocycles. The second kappa shape index (κ2) is 8.83. The summed E-state index contributed by atoms with van der Waals surface area (Å²) in [5.74, 6) is 0.0535. The lowest BCUT2D eigenvalue weighted by Crippen LogP contribution is -2.40. The number of ether oxygens (including phenoxy) is 1. The SMILES string of the molecule is Cc1ccccc1NC(=O)CSc1ccc(S(=O)(=O)N2CCOCC2)cn1. The van der Waals surface area contributed by atoms with Gasteiger partial charge >= 0.3 is 0 Å². The average molecular weight is 408 g/mol. The monoisotopic (exact) mass is 407 g/mol. The highest BCUT2D eigenvalue weighted by atomic mass is 32.2. The molecular weight excluding hydrogens is 386 g/mol. The van der Waals surface area contributed by atoms with Crippen LogP contribution in [0.1, 0.15) is 5.56 Å². The molecule has 1 aromatic carbocycles. The van der Waals surface area contributed by atoms with Gasteiger partial charge in [0, 0.05) is 25.0 Å². The number of benzene rings is 1. The maximum atomic E-state index is 12.6. The summed E-state index contributed by atoms with van der Waals surface area (Å²) >= 11 is 1.26. The Morgan fingerprint density at radius 3 is 2.63 bits per heavy atom. The normalized spacial score (nSPS) is 15.4. The lowest BCUT2D eigenvalue weighted by atomic mass is 10.2. The van der Waals surface area contributed by atoms with Gasteiger partial charge in [0.2, 0.25) is 15.9 Å². The summed E-state index contributed by atoms with van der Waals surface area (Å²) in [6.45, 7) is 3.42. The second-order valence-corrected chi connectivity index (χ2v) is 8.93. The number of rotatable bonds is 6. The van der Waals surface area contributed by atoms with E-state index in [1.807, 2.05) is 31.2 Å². The van der Waals surface area contributed by atoms with Crippen molar-refractivity contribution in [2.24, 2.45) is 0 Å². The maximum Gasteiger partial charge on any atom is 0.244 e. The Morgan fingerprint density at radius 1 is 1.22 bits per heavy atom. The predicted molar refractivity (Wildman–Crippen MR) is 104 cm³/mol. The molecule has 0 unspecified atom stereocenters. The number of pyridine rings is 1. The van der Waals surface area contributed by atoms with Crippen LogP contribution < -0.4 is 5.32 Å². The van der Waals surface area contributed by atoms with E-state index < -0.39 is 10.0 Å². The lowest BCUT2D eigenvalue weighted by molar-refractivity contribution is -0.113. The Balaban J connectivity index is 1.57. The molecule has 0 saturated carbocycles. The third-order valence-corrected chi connectivity index (χ3v) is 6.91. The summed E-state index contributed by atoms with van der Waals surface area (Å²) < 4.78 is 31.7. The van der Waals surface area contributed by atoms with Gasteiger partial charge in [-0.3, -0.25) is 4.79 Å². The molecule has 0 aliphatic carbocycles. The average Bonchev–Trinajstić information content (AvgIpc) is 2.69. The fourth-order valence-electron chi connectivity index (χ4n) is 2.58. The van der Waals surface area contributed by atoms with Gasteiger partial charge in [0.05, 0.1) is 24.0 Å². The molecule has 2 aromatic rings. The van der Waals surface area contributed by atoms with Gasteiger partial charge in [-0.25, -0.2) is 13.4 Å². The molecule has 2 heterocycles. The van der Waals surface area contributed by atoms with Gasteiger partial charge in [-0.2, -0.15) is 4.31 Å². The molecule has 1 saturated heterocycles. The first kappa shape index (κ1) is 19.8. The quantitative estimate of drug-likeness (QED) is 0.738.